The monoisotopic (exact) mass is 171 g/mol. The Balaban J connectivity index is 3.06. The van der Waals surface area contributed by atoms with Gasteiger partial charge in [-0.2, -0.15) is 0 Å². The number of hydrogen-bond acceptors (Lipinski definition) is 1. The van der Waals surface area contributed by atoms with E-state index in [1.807, 2.05) is 11.3 Å². The van der Waals surface area contributed by atoms with Crippen LogP contribution in [0.1, 0.15) is 9.75 Å². The molecule has 1 rings (SSSR count). The van der Waals surface area contributed by atoms with Gasteiger partial charge in [-0.15, -0.1) is 11.8 Å². The molecule has 0 N–H and O–H groups in total. The Hall–Kier alpha value is -0.0800. The molecule has 1 aromatic rings. The van der Waals surface area contributed by atoms with Gasteiger partial charge in [0.25, 0.3) is 0 Å². The zero-order valence-electron chi connectivity index (χ0n) is 6.47. The number of hydrogen-bond donors (Lipinski definition) is 0. The Bertz CT molecular complexity index is 210. The van der Waals surface area contributed by atoms with E-state index in [1.54, 1.807) is 11.8 Å². The Morgan fingerprint density at radius 3 is 2.10 bits per heavy atom. The summed E-state index contributed by atoms with van der Waals surface area (Å²) in [5.41, 5.74) is 0. The Morgan fingerprint density at radius 1 is 1.20 bits per heavy atom. The van der Waals surface area contributed by atoms with Gasteiger partial charge in [-0.05, 0) is 6.26 Å². The molecule has 1 heterocycles. The lowest BCUT2D eigenvalue weighted by Gasteiger charge is -1.90. The summed E-state index contributed by atoms with van der Waals surface area (Å²) < 4.78 is 0. The Labute approximate surface area is 70.3 Å². The summed E-state index contributed by atoms with van der Waals surface area (Å²) in [6.45, 7) is 4.30. The van der Waals surface area contributed by atoms with Gasteiger partial charge in [-0.3, -0.25) is 0 Å². The van der Waals surface area contributed by atoms with E-state index < -0.39 is 0 Å². The van der Waals surface area contributed by atoms with Crippen LogP contribution in [-0.4, -0.2) is 6.26 Å². The van der Waals surface area contributed by atoms with Crippen LogP contribution in [0.3, 0.4) is 0 Å². The molecule has 0 aliphatic carbocycles. The second kappa shape index (κ2) is 3.35. The highest BCUT2D eigenvalue weighted by molar-refractivity contribution is 7.98. The molecule has 0 amide bonds. The highest BCUT2D eigenvalue weighted by Crippen LogP contribution is 2.21. The van der Waals surface area contributed by atoms with Gasteiger partial charge in [-0.25, -0.2) is 0 Å². The summed E-state index contributed by atoms with van der Waals surface area (Å²) >= 11 is 3.65. The van der Waals surface area contributed by atoms with Crippen LogP contribution in [0.4, 0.5) is 0 Å². The summed E-state index contributed by atoms with van der Waals surface area (Å²) in [4.78, 5) is 4.16. The first kappa shape index (κ1) is 8.02. The standard InChI is InChI=1S/C8H11S2/c1-6-4-8(9-3)5-7(2)10-6/h4-5H,1-3H3/q+1. The fourth-order valence-corrected chi connectivity index (χ4v) is 2.49. The molecule has 0 fully saturated rings. The highest BCUT2D eigenvalue weighted by atomic mass is 32.2. The largest absolute Gasteiger partial charge is 0.217 e. The van der Waals surface area contributed by atoms with Crippen LogP contribution < -0.4 is 0 Å². The normalized spacial score (nSPS) is 9.90. The number of rotatable bonds is 1. The third kappa shape index (κ3) is 1.96. The molecule has 0 bridgehead atoms. The quantitative estimate of drug-likeness (QED) is 0.461. The van der Waals surface area contributed by atoms with Crippen molar-refractivity contribution in [2.24, 2.45) is 0 Å². The lowest BCUT2D eigenvalue weighted by atomic mass is 10.4. The van der Waals surface area contributed by atoms with Crippen LogP contribution in [-0.2, 0) is 0 Å². The zero-order chi connectivity index (χ0) is 7.56. The maximum atomic E-state index is 2.22. The molecule has 0 saturated heterocycles. The first-order valence-electron chi connectivity index (χ1n) is 3.18. The molecule has 1 aromatic heterocycles. The second-order valence-electron chi connectivity index (χ2n) is 2.22. The van der Waals surface area contributed by atoms with Crippen molar-refractivity contribution in [2.45, 2.75) is 18.7 Å². The minimum atomic E-state index is 1.37. The average Bonchev–Trinajstić information content (AvgIpc) is 1.85. The molecule has 2 heteroatoms. The van der Waals surface area contributed by atoms with Gasteiger partial charge in [0.2, 0.25) is 21.1 Å². The smallest absolute Gasteiger partial charge is 0.129 e. The van der Waals surface area contributed by atoms with Gasteiger partial charge in [0.05, 0.1) is 0 Å². The Kier molecular flexibility index (Phi) is 2.69. The molecule has 0 aromatic carbocycles. The molecular weight excluding hydrogens is 160 g/mol. The topological polar surface area (TPSA) is 0 Å². The Morgan fingerprint density at radius 2 is 1.70 bits per heavy atom. The highest BCUT2D eigenvalue weighted by Gasteiger charge is 2.05. The minimum absolute atomic E-state index is 1.37. The third-order valence-electron chi connectivity index (χ3n) is 1.25. The lowest BCUT2D eigenvalue weighted by Crippen LogP contribution is -1.73. The van der Waals surface area contributed by atoms with Crippen LogP contribution in [0.15, 0.2) is 17.0 Å². The molecule has 54 valence electrons. The van der Waals surface area contributed by atoms with Crippen molar-refractivity contribution in [1.82, 2.24) is 0 Å². The van der Waals surface area contributed by atoms with Crippen molar-refractivity contribution in [3.05, 3.63) is 21.9 Å². The molecule has 0 nitrogen and oxygen atoms in total. The first-order chi connectivity index (χ1) is 4.72. The fraction of sp³-hybridized carbons (Fsp3) is 0.375. The molecule has 0 unspecified atom stereocenters. The lowest BCUT2D eigenvalue weighted by molar-refractivity contribution is 1.40. The van der Waals surface area contributed by atoms with Gasteiger partial charge >= 0.3 is 0 Å². The first-order valence-corrected chi connectivity index (χ1v) is 5.22. The summed E-state index contributed by atoms with van der Waals surface area (Å²) in [6, 6.07) is 4.45. The predicted molar refractivity (Wildman–Crippen MR) is 50.0 cm³/mol. The van der Waals surface area contributed by atoms with Crippen LogP contribution in [0.25, 0.3) is 0 Å². The van der Waals surface area contributed by atoms with Gasteiger partial charge < -0.3 is 0 Å². The maximum absolute atomic E-state index is 2.22. The van der Waals surface area contributed by atoms with Crippen molar-refractivity contribution in [3.63, 3.8) is 0 Å². The molecule has 10 heavy (non-hydrogen) atoms. The van der Waals surface area contributed by atoms with Crippen LogP contribution >= 0.6 is 23.1 Å². The van der Waals surface area contributed by atoms with E-state index in [2.05, 4.69) is 32.2 Å². The molecule has 0 aliphatic rings. The summed E-state index contributed by atoms with van der Waals surface area (Å²) in [6.07, 6.45) is 2.11. The van der Waals surface area contributed by atoms with E-state index in [1.165, 1.54) is 14.6 Å². The van der Waals surface area contributed by atoms with Crippen molar-refractivity contribution < 1.29 is 0 Å². The van der Waals surface area contributed by atoms with Crippen molar-refractivity contribution in [1.29, 1.82) is 0 Å². The van der Waals surface area contributed by atoms with Gasteiger partial charge in [0.1, 0.15) is 0 Å². The third-order valence-corrected chi connectivity index (χ3v) is 2.84. The predicted octanol–water partition coefficient (Wildman–Crippen LogP) is 3.37. The van der Waals surface area contributed by atoms with E-state index in [4.69, 9.17) is 0 Å². The van der Waals surface area contributed by atoms with Crippen molar-refractivity contribution >= 4 is 23.1 Å². The number of thioether (sulfide) groups is 1. The summed E-state index contributed by atoms with van der Waals surface area (Å²) in [5, 5.41) is 0. The van der Waals surface area contributed by atoms with Crippen LogP contribution in [0.5, 0.6) is 0 Å². The average molecular weight is 171 g/mol. The molecule has 0 radical (unpaired) electrons. The molecule has 0 spiro atoms. The molecular formula is C8H11S2+. The van der Waals surface area contributed by atoms with E-state index in [-0.39, 0.29) is 0 Å². The SMILES string of the molecule is CSc1cc(C)[s+]c(C)c1. The molecule has 0 atom stereocenters. The summed E-state index contributed by atoms with van der Waals surface area (Å²) in [7, 11) is 0. The van der Waals surface area contributed by atoms with Gasteiger partial charge in [-0.1, -0.05) is 0 Å². The zero-order valence-corrected chi connectivity index (χ0v) is 8.10. The van der Waals surface area contributed by atoms with Crippen LogP contribution in [0, 0.1) is 13.8 Å². The van der Waals surface area contributed by atoms with Crippen molar-refractivity contribution in [3.8, 4) is 0 Å². The van der Waals surface area contributed by atoms with Gasteiger partial charge in [0, 0.05) is 30.9 Å². The van der Waals surface area contributed by atoms with E-state index in [9.17, 15) is 0 Å². The van der Waals surface area contributed by atoms with E-state index in [0.29, 0.717) is 0 Å². The number of aryl methyl sites for hydroxylation is 2. The van der Waals surface area contributed by atoms with E-state index >= 15 is 0 Å². The van der Waals surface area contributed by atoms with Gasteiger partial charge in [0.15, 0.2) is 0 Å². The molecule has 0 saturated carbocycles. The van der Waals surface area contributed by atoms with Crippen molar-refractivity contribution in [2.75, 3.05) is 6.26 Å². The van der Waals surface area contributed by atoms with E-state index in [0.717, 1.165) is 0 Å². The van der Waals surface area contributed by atoms with Crippen LogP contribution in [0.2, 0.25) is 0 Å². The fourth-order valence-electron chi connectivity index (χ4n) is 0.873. The summed E-state index contributed by atoms with van der Waals surface area (Å²) in [5.74, 6) is 0. The molecule has 0 aliphatic heterocycles. The maximum Gasteiger partial charge on any atom is 0.217 e. The second-order valence-corrected chi connectivity index (χ2v) is 4.59. The minimum Gasteiger partial charge on any atom is -0.129 e.